The number of anilines is 2. The number of ether oxygens (including phenoxy) is 1. The van der Waals surface area contributed by atoms with Gasteiger partial charge < -0.3 is 24.5 Å². The summed E-state index contributed by atoms with van der Waals surface area (Å²) in [5.74, 6) is 0.900. The largest absolute Gasteiger partial charge is 0.489 e. The fourth-order valence-corrected chi connectivity index (χ4v) is 5.73. The number of H-pyrrole nitrogens is 1. The van der Waals surface area contributed by atoms with E-state index in [4.69, 9.17) is 4.74 Å². The molecular weight excluding hydrogens is 443 g/mol. The molecule has 0 radical (unpaired) electrons. The van der Waals surface area contributed by atoms with Crippen molar-refractivity contribution in [2.45, 2.75) is 19.4 Å². The van der Waals surface area contributed by atoms with Crippen LogP contribution < -0.4 is 15.4 Å². The SMILES string of the molecule is Cc1cnc2[nH]c(-c3ccc(O[C@@H]4CCN(C)C4)cc3)cc2c1Nc1ccccc1P(C)(C)=O. The minimum Gasteiger partial charge on any atom is -0.489 e. The molecule has 2 aromatic carbocycles. The maximum absolute atomic E-state index is 12.8. The molecule has 6 nitrogen and oxygen atoms in total. The summed E-state index contributed by atoms with van der Waals surface area (Å²) in [5.41, 5.74) is 5.75. The van der Waals surface area contributed by atoms with Crippen LogP contribution in [0.5, 0.6) is 5.75 Å². The number of hydrogen-bond donors (Lipinski definition) is 2. The molecule has 1 aliphatic rings. The fraction of sp³-hybridized carbons (Fsp3) is 0.296. The molecule has 0 spiro atoms. The zero-order valence-electron chi connectivity index (χ0n) is 20.1. The summed E-state index contributed by atoms with van der Waals surface area (Å²) in [7, 11) is -0.303. The van der Waals surface area contributed by atoms with E-state index in [1.54, 1.807) is 13.3 Å². The number of pyridine rings is 1. The third-order valence-corrected chi connectivity index (χ3v) is 7.96. The van der Waals surface area contributed by atoms with Gasteiger partial charge in [-0.15, -0.1) is 0 Å². The Labute approximate surface area is 200 Å². The molecule has 5 rings (SSSR count). The first-order chi connectivity index (χ1) is 16.3. The number of hydrogen-bond acceptors (Lipinski definition) is 5. The summed E-state index contributed by atoms with van der Waals surface area (Å²) in [6, 6.07) is 18.2. The lowest BCUT2D eigenvalue weighted by molar-refractivity contribution is 0.208. The van der Waals surface area contributed by atoms with Crippen molar-refractivity contribution in [1.29, 1.82) is 0 Å². The molecule has 2 N–H and O–H groups in total. The van der Waals surface area contributed by atoms with Gasteiger partial charge in [-0.25, -0.2) is 4.98 Å². The van der Waals surface area contributed by atoms with E-state index in [1.165, 1.54) is 0 Å². The number of benzene rings is 2. The van der Waals surface area contributed by atoms with Crippen molar-refractivity contribution in [3.8, 4) is 17.0 Å². The Balaban J connectivity index is 1.45. The van der Waals surface area contributed by atoms with E-state index in [2.05, 4.69) is 45.4 Å². The Kier molecular flexibility index (Phi) is 5.97. The Morgan fingerprint density at radius 3 is 2.62 bits per heavy atom. The Morgan fingerprint density at radius 1 is 1.15 bits per heavy atom. The number of likely N-dealkylation sites (N-methyl/N-ethyl adjacent to an activating group) is 1. The van der Waals surface area contributed by atoms with Crippen LogP contribution in [0.3, 0.4) is 0 Å². The van der Waals surface area contributed by atoms with E-state index in [0.717, 1.165) is 69.8 Å². The average Bonchev–Trinajstić information content (AvgIpc) is 3.42. The summed E-state index contributed by atoms with van der Waals surface area (Å²) < 4.78 is 19.0. The van der Waals surface area contributed by atoms with Gasteiger partial charge in [0.05, 0.1) is 5.69 Å². The molecular formula is C27H31N4O2P. The quantitative estimate of drug-likeness (QED) is 0.355. The van der Waals surface area contributed by atoms with E-state index in [0.29, 0.717) is 0 Å². The molecule has 0 saturated carbocycles. The second kappa shape index (κ2) is 8.94. The molecule has 1 fully saturated rings. The number of rotatable bonds is 6. The zero-order chi connectivity index (χ0) is 23.9. The van der Waals surface area contributed by atoms with Gasteiger partial charge in [0.1, 0.15) is 24.6 Å². The van der Waals surface area contributed by atoms with Crippen molar-refractivity contribution >= 4 is 34.9 Å². The third kappa shape index (κ3) is 4.61. The molecule has 0 amide bonds. The van der Waals surface area contributed by atoms with Crippen LogP contribution in [0.15, 0.2) is 60.8 Å². The first-order valence-corrected chi connectivity index (χ1v) is 14.2. The molecule has 0 aliphatic carbocycles. The lowest BCUT2D eigenvalue weighted by Gasteiger charge is -2.16. The smallest absolute Gasteiger partial charge is 0.139 e. The summed E-state index contributed by atoms with van der Waals surface area (Å²) in [4.78, 5) is 10.4. The van der Waals surface area contributed by atoms with Crippen molar-refractivity contribution in [1.82, 2.24) is 14.9 Å². The van der Waals surface area contributed by atoms with E-state index in [-0.39, 0.29) is 6.10 Å². The third-order valence-electron chi connectivity index (χ3n) is 6.41. The first-order valence-electron chi connectivity index (χ1n) is 11.6. The summed E-state index contributed by atoms with van der Waals surface area (Å²) in [6.45, 7) is 7.69. The Hall–Kier alpha value is -3.08. The van der Waals surface area contributed by atoms with Crippen molar-refractivity contribution in [3.05, 3.63) is 66.4 Å². The molecule has 1 saturated heterocycles. The predicted octanol–water partition coefficient (Wildman–Crippen LogP) is 5.61. The van der Waals surface area contributed by atoms with E-state index in [9.17, 15) is 4.57 Å². The highest BCUT2D eigenvalue weighted by Gasteiger charge is 2.21. The van der Waals surface area contributed by atoms with Gasteiger partial charge in [-0.2, -0.15) is 0 Å². The van der Waals surface area contributed by atoms with Crippen LogP contribution in [-0.2, 0) is 4.57 Å². The standard InChI is InChI=1S/C27H31N4O2P/c1-18-16-28-27-22(26(18)29-23-7-5-6-8-25(23)34(3,4)32)15-24(30-27)19-9-11-20(12-10-19)33-21-13-14-31(2)17-21/h5-12,15-16,21H,13-14,17H2,1-4H3,(H2,28,29,30)/t21-/m1/s1. The molecule has 1 atom stereocenters. The summed E-state index contributed by atoms with van der Waals surface area (Å²) in [6.07, 6.45) is 3.19. The second-order valence-electron chi connectivity index (χ2n) is 9.57. The number of para-hydroxylation sites is 1. The van der Waals surface area contributed by atoms with Crippen LogP contribution in [0, 0.1) is 6.92 Å². The maximum Gasteiger partial charge on any atom is 0.139 e. The van der Waals surface area contributed by atoms with Crippen molar-refractivity contribution in [2.75, 3.05) is 38.8 Å². The minimum absolute atomic E-state index is 0.258. The highest BCUT2D eigenvalue weighted by Crippen LogP contribution is 2.39. The number of nitrogens with zero attached hydrogens (tertiary/aromatic N) is 2. The first kappa shape index (κ1) is 22.7. The highest BCUT2D eigenvalue weighted by molar-refractivity contribution is 7.70. The number of aromatic amines is 1. The lowest BCUT2D eigenvalue weighted by Crippen LogP contribution is -2.21. The topological polar surface area (TPSA) is 70.2 Å². The molecule has 4 aromatic rings. The van der Waals surface area contributed by atoms with Gasteiger partial charge >= 0.3 is 0 Å². The van der Waals surface area contributed by atoms with E-state index in [1.807, 2.05) is 49.5 Å². The monoisotopic (exact) mass is 474 g/mol. The summed E-state index contributed by atoms with van der Waals surface area (Å²) in [5, 5.41) is 5.40. The molecule has 176 valence electrons. The van der Waals surface area contributed by atoms with Gasteiger partial charge in [-0.05, 0) is 87.3 Å². The average molecular weight is 475 g/mol. The van der Waals surface area contributed by atoms with Gasteiger partial charge in [-0.3, -0.25) is 0 Å². The predicted molar refractivity (Wildman–Crippen MR) is 142 cm³/mol. The fourth-order valence-electron chi connectivity index (χ4n) is 4.58. The van der Waals surface area contributed by atoms with Gasteiger partial charge in [-0.1, -0.05) is 12.1 Å². The van der Waals surface area contributed by atoms with Crippen LogP contribution in [0.2, 0.25) is 0 Å². The van der Waals surface area contributed by atoms with Crippen LogP contribution in [0.25, 0.3) is 22.3 Å². The van der Waals surface area contributed by atoms with Crippen LogP contribution >= 0.6 is 7.14 Å². The van der Waals surface area contributed by atoms with Crippen LogP contribution in [0.4, 0.5) is 11.4 Å². The molecule has 3 heterocycles. The zero-order valence-corrected chi connectivity index (χ0v) is 21.0. The molecule has 1 aliphatic heterocycles. The summed E-state index contributed by atoms with van der Waals surface area (Å²) >= 11 is 0. The molecule has 0 bridgehead atoms. The number of aromatic nitrogens is 2. The normalized spacial score (nSPS) is 16.8. The lowest BCUT2D eigenvalue weighted by atomic mass is 10.1. The van der Waals surface area contributed by atoms with Gasteiger partial charge in [0, 0.05) is 41.4 Å². The molecule has 7 heteroatoms. The van der Waals surface area contributed by atoms with Gasteiger partial charge in [0.25, 0.3) is 0 Å². The van der Waals surface area contributed by atoms with Crippen LogP contribution in [-0.4, -0.2) is 54.4 Å². The number of nitrogens with one attached hydrogen (secondary N) is 2. The Bertz CT molecular complexity index is 1370. The minimum atomic E-state index is -2.43. The number of fused-ring (bicyclic) bond motifs is 1. The van der Waals surface area contributed by atoms with Crippen molar-refractivity contribution in [2.24, 2.45) is 0 Å². The number of likely N-dealkylation sites (tertiary alicyclic amines) is 1. The van der Waals surface area contributed by atoms with Crippen LogP contribution in [0.1, 0.15) is 12.0 Å². The van der Waals surface area contributed by atoms with Gasteiger partial charge in [0.2, 0.25) is 0 Å². The van der Waals surface area contributed by atoms with E-state index < -0.39 is 7.14 Å². The van der Waals surface area contributed by atoms with Gasteiger partial charge in [0.15, 0.2) is 0 Å². The molecule has 2 aromatic heterocycles. The number of aryl methyl sites for hydroxylation is 1. The molecule has 34 heavy (non-hydrogen) atoms. The maximum atomic E-state index is 12.8. The van der Waals surface area contributed by atoms with Crippen molar-refractivity contribution in [3.63, 3.8) is 0 Å². The molecule has 0 unspecified atom stereocenters. The second-order valence-corrected chi connectivity index (χ2v) is 12.8. The van der Waals surface area contributed by atoms with E-state index >= 15 is 0 Å². The highest BCUT2D eigenvalue weighted by atomic mass is 31.2. The Morgan fingerprint density at radius 2 is 1.91 bits per heavy atom. The van der Waals surface area contributed by atoms with Crippen molar-refractivity contribution < 1.29 is 9.30 Å².